The Labute approximate surface area is 134 Å². The van der Waals surface area contributed by atoms with Gasteiger partial charge in [0.2, 0.25) is 0 Å². The fraction of sp³-hybridized carbons (Fsp3) is 0.0588. The number of rotatable bonds is 4. The third kappa shape index (κ3) is 3.57. The summed E-state index contributed by atoms with van der Waals surface area (Å²) in [5.41, 5.74) is -0.316. The molecule has 0 aliphatic carbocycles. The van der Waals surface area contributed by atoms with Gasteiger partial charge in [0.15, 0.2) is 6.61 Å². The van der Waals surface area contributed by atoms with Crippen LogP contribution in [0.5, 0.6) is 5.75 Å². The molecule has 0 aliphatic rings. The standard InChI is InChI=1S/C17H11F2NO4/c18-11-3-5-14(13(19)7-11)20-16(21)9-23-12-4-1-10-2-6-17(22)24-15(10)8-12/h1-8H,9H2,(H,20,21). The van der Waals surface area contributed by atoms with Gasteiger partial charge < -0.3 is 14.5 Å². The molecular formula is C17H11F2NO4. The highest BCUT2D eigenvalue weighted by atomic mass is 19.1. The zero-order chi connectivity index (χ0) is 17.1. The van der Waals surface area contributed by atoms with Crippen LogP contribution in [0, 0.1) is 11.6 Å². The summed E-state index contributed by atoms with van der Waals surface area (Å²) in [6.07, 6.45) is 0. The predicted octanol–water partition coefficient (Wildman–Crippen LogP) is 3.09. The van der Waals surface area contributed by atoms with Crippen molar-refractivity contribution in [3.8, 4) is 5.75 Å². The number of ether oxygens (including phenoxy) is 1. The van der Waals surface area contributed by atoms with Crippen LogP contribution in [0.4, 0.5) is 14.5 Å². The highest BCUT2D eigenvalue weighted by Crippen LogP contribution is 2.20. The molecule has 0 saturated heterocycles. The van der Waals surface area contributed by atoms with Crippen LogP contribution in [0.3, 0.4) is 0 Å². The fourth-order valence-electron chi connectivity index (χ4n) is 2.06. The largest absolute Gasteiger partial charge is 0.484 e. The van der Waals surface area contributed by atoms with Crippen molar-refractivity contribution in [3.63, 3.8) is 0 Å². The third-order valence-electron chi connectivity index (χ3n) is 3.17. The Bertz CT molecular complexity index is 968. The first kappa shape index (κ1) is 15.7. The Morgan fingerprint density at radius 2 is 1.88 bits per heavy atom. The maximum Gasteiger partial charge on any atom is 0.336 e. The molecule has 5 nitrogen and oxygen atoms in total. The van der Waals surface area contributed by atoms with Crippen molar-refractivity contribution in [2.75, 3.05) is 11.9 Å². The lowest BCUT2D eigenvalue weighted by Gasteiger charge is -2.08. The van der Waals surface area contributed by atoms with Crippen LogP contribution in [0.25, 0.3) is 11.0 Å². The number of fused-ring (bicyclic) bond motifs is 1. The van der Waals surface area contributed by atoms with Crippen molar-refractivity contribution in [2.45, 2.75) is 0 Å². The molecule has 2 aromatic carbocycles. The molecule has 3 aromatic rings. The number of halogens is 2. The van der Waals surface area contributed by atoms with Gasteiger partial charge in [0.25, 0.3) is 5.91 Å². The number of amides is 1. The first-order chi connectivity index (χ1) is 11.5. The summed E-state index contributed by atoms with van der Waals surface area (Å²) >= 11 is 0. The van der Waals surface area contributed by atoms with E-state index in [1.54, 1.807) is 18.2 Å². The second-order valence-electron chi connectivity index (χ2n) is 4.92. The SMILES string of the molecule is O=C(COc1ccc2ccc(=O)oc2c1)Nc1ccc(F)cc1F. The van der Waals surface area contributed by atoms with Crippen LogP contribution in [-0.2, 0) is 4.79 Å². The van der Waals surface area contributed by atoms with Gasteiger partial charge in [-0.3, -0.25) is 4.79 Å². The Morgan fingerprint density at radius 1 is 1.08 bits per heavy atom. The van der Waals surface area contributed by atoms with Gasteiger partial charge in [-0.1, -0.05) is 0 Å². The Hall–Kier alpha value is -3.22. The number of hydrogen-bond donors (Lipinski definition) is 1. The zero-order valence-electron chi connectivity index (χ0n) is 12.2. The quantitative estimate of drug-likeness (QED) is 0.746. The van der Waals surface area contributed by atoms with Gasteiger partial charge in [-0.25, -0.2) is 13.6 Å². The van der Waals surface area contributed by atoms with Crippen molar-refractivity contribution in [1.82, 2.24) is 0 Å². The van der Waals surface area contributed by atoms with Crippen LogP contribution in [0.15, 0.2) is 57.7 Å². The minimum Gasteiger partial charge on any atom is -0.484 e. The van der Waals surface area contributed by atoms with Gasteiger partial charge in [0.05, 0.1) is 5.69 Å². The monoisotopic (exact) mass is 331 g/mol. The maximum atomic E-state index is 13.4. The van der Waals surface area contributed by atoms with E-state index in [9.17, 15) is 18.4 Å². The molecule has 1 aromatic heterocycles. The molecule has 7 heteroatoms. The summed E-state index contributed by atoms with van der Waals surface area (Å²) in [5, 5.41) is 2.98. The second kappa shape index (κ2) is 6.49. The summed E-state index contributed by atoms with van der Waals surface area (Å²) < 4.78 is 36.5. The molecular weight excluding hydrogens is 320 g/mol. The summed E-state index contributed by atoms with van der Waals surface area (Å²) in [6.45, 7) is -0.389. The number of benzene rings is 2. The summed E-state index contributed by atoms with van der Waals surface area (Å²) in [6, 6.07) is 10.5. The summed E-state index contributed by atoms with van der Waals surface area (Å²) in [7, 11) is 0. The molecule has 0 unspecified atom stereocenters. The van der Waals surface area contributed by atoms with Gasteiger partial charge >= 0.3 is 5.63 Å². The van der Waals surface area contributed by atoms with E-state index in [1.807, 2.05) is 0 Å². The van der Waals surface area contributed by atoms with E-state index in [0.29, 0.717) is 22.8 Å². The molecule has 1 heterocycles. The Kier molecular flexibility index (Phi) is 4.24. The average Bonchev–Trinajstić information content (AvgIpc) is 2.55. The topological polar surface area (TPSA) is 68.5 Å². The van der Waals surface area contributed by atoms with Gasteiger partial charge in [0.1, 0.15) is 23.0 Å². The molecule has 0 atom stereocenters. The lowest BCUT2D eigenvalue weighted by atomic mass is 10.2. The average molecular weight is 331 g/mol. The van der Waals surface area contributed by atoms with E-state index in [2.05, 4.69) is 5.32 Å². The summed E-state index contributed by atoms with van der Waals surface area (Å²) in [4.78, 5) is 23.0. The van der Waals surface area contributed by atoms with Gasteiger partial charge in [0, 0.05) is 23.6 Å². The van der Waals surface area contributed by atoms with Crippen molar-refractivity contribution < 1.29 is 22.7 Å². The number of hydrogen-bond acceptors (Lipinski definition) is 4. The van der Waals surface area contributed by atoms with Crippen LogP contribution in [0.1, 0.15) is 0 Å². The van der Waals surface area contributed by atoms with Gasteiger partial charge in [-0.2, -0.15) is 0 Å². The molecule has 0 saturated carbocycles. The van der Waals surface area contributed by atoms with E-state index in [4.69, 9.17) is 9.15 Å². The van der Waals surface area contributed by atoms with E-state index in [1.165, 1.54) is 12.1 Å². The third-order valence-corrected chi connectivity index (χ3v) is 3.17. The molecule has 24 heavy (non-hydrogen) atoms. The summed E-state index contributed by atoms with van der Waals surface area (Å²) in [5.74, 6) is -1.92. The van der Waals surface area contributed by atoms with Crippen molar-refractivity contribution in [1.29, 1.82) is 0 Å². The van der Waals surface area contributed by atoms with E-state index < -0.39 is 23.2 Å². The van der Waals surface area contributed by atoms with Crippen molar-refractivity contribution in [2.24, 2.45) is 0 Å². The van der Waals surface area contributed by atoms with Crippen LogP contribution in [-0.4, -0.2) is 12.5 Å². The van der Waals surface area contributed by atoms with E-state index in [0.717, 1.165) is 12.1 Å². The highest BCUT2D eigenvalue weighted by molar-refractivity contribution is 5.92. The van der Waals surface area contributed by atoms with Crippen molar-refractivity contribution >= 4 is 22.6 Å². The number of nitrogens with one attached hydrogen (secondary N) is 1. The zero-order valence-corrected chi connectivity index (χ0v) is 12.2. The predicted molar refractivity (Wildman–Crippen MR) is 83.0 cm³/mol. The lowest BCUT2D eigenvalue weighted by molar-refractivity contribution is -0.118. The smallest absolute Gasteiger partial charge is 0.336 e. The number of anilines is 1. The first-order valence-electron chi connectivity index (χ1n) is 6.93. The van der Waals surface area contributed by atoms with E-state index in [-0.39, 0.29) is 12.3 Å². The molecule has 1 N–H and O–H groups in total. The first-order valence-corrected chi connectivity index (χ1v) is 6.93. The molecule has 122 valence electrons. The molecule has 0 bridgehead atoms. The van der Waals surface area contributed by atoms with Gasteiger partial charge in [-0.05, 0) is 30.3 Å². The minimum atomic E-state index is -0.879. The maximum absolute atomic E-state index is 13.4. The minimum absolute atomic E-state index is 0.144. The van der Waals surface area contributed by atoms with Gasteiger partial charge in [-0.15, -0.1) is 0 Å². The molecule has 0 aliphatic heterocycles. The number of carbonyl (C=O) groups is 1. The Morgan fingerprint density at radius 3 is 2.67 bits per heavy atom. The molecule has 3 rings (SSSR count). The lowest BCUT2D eigenvalue weighted by Crippen LogP contribution is -2.20. The molecule has 0 fully saturated rings. The second-order valence-corrected chi connectivity index (χ2v) is 4.92. The van der Waals surface area contributed by atoms with Crippen LogP contribution < -0.4 is 15.7 Å². The van der Waals surface area contributed by atoms with Crippen LogP contribution in [0.2, 0.25) is 0 Å². The fourth-order valence-corrected chi connectivity index (χ4v) is 2.06. The molecule has 1 amide bonds. The van der Waals surface area contributed by atoms with Crippen molar-refractivity contribution in [3.05, 3.63) is 70.6 Å². The van der Waals surface area contributed by atoms with Crippen LogP contribution >= 0.6 is 0 Å². The van der Waals surface area contributed by atoms with E-state index >= 15 is 0 Å². The number of carbonyl (C=O) groups excluding carboxylic acids is 1. The normalized spacial score (nSPS) is 10.6. The molecule has 0 radical (unpaired) electrons. The molecule has 0 spiro atoms. The Balaban J connectivity index is 1.66. The highest BCUT2D eigenvalue weighted by Gasteiger charge is 2.09.